The molecule has 4 atom stereocenters. The molecule has 0 bridgehead atoms. The third-order valence-electron chi connectivity index (χ3n) is 5.77. The van der Waals surface area contributed by atoms with Crippen LogP contribution in [-0.4, -0.2) is 92.7 Å². The number of H-pyrrole nitrogens is 1. The predicted molar refractivity (Wildman–Crippen MR) is 140 cm³/mol. The number of carbonyl (C=O) groups is 5. The molecule has 208 valence electrons. The summed E-state index contributed by atoms with van der Waals surface area (Å²) in [5.74, 6) is -4.57. The Hall–Kier alpha value is -3.62. The van der Waals surface area contributed by atoms with Gasteiger partial charge in [0.25, 0.3) is 0 Å². The van der Waals surface area contributed by atoms with Gasteiger partial charge in [0.1, 0.15) is 18.1 Å². The van der Waals surface area contributed by atoms with Crippen LogP contribution in [0.25, 0.3) is 10.9 Å². The number of carbonyl (C=O) groups excluding carboxylic acids is 3. The van der Waals surface area contributed by atoms with Gasteiger partial charge in [-0.2, -0.15) is 11.8 Å². The lowest BCUT2D eigenvalue weighted by atomic mass is 10.0. The van der Waals surface area contributed by atoms with Crippen molar-refractivity contribution in [2.75, 3.05) is 18.6 Å². The van der Waals surface area contributed by atoms with Crippen LogP contribution < -0.4 is 21.7 Å². The van der Waals surface area contributed by atoms with Gasteiger partial charge < -0.3 is 42.0 Å². The van der Waals surface area contributed by atoms with E-state index in [0.717, 1.165) is 16.5 Å². The summed E-state index contributed by atoms with van der Waals surface area (Å²) in [5.41, 5.74) is 7.85. The van der Waals surface area contributed by atoms with Gasteiger partial charge in [0.05, 0.1) is 12.6 Å². The molecule has 0 spiro atoms. The van der Waals surface area contributed by atoms with Gasteiger partial charge in [-0.25, -0.2) is 4.79 Å². The fourth-order valence-corrected chi connectivity index (χ4v) is 4.15. The molecule has 1 aromatic carbocycles. The normalized spacial score (nSPS) is 14.2. The second kappa shape index (κ2) is 15.0. The molecule has 0 saturated heterocycles. The molecular weight excluding hydrogens is 518 g/mol. The Morgan fingerprint density at radius 3 is 2.21 bits per heavy atom. The van der Waals surface area contributed by atoms with Crippen LogP contribution in [0.3, 0.4) is 0 Å². The number of aromatic amines is 1. The third kappa shape index (κ3) is 9.04. The summed E-state index contributed by atoms with van der Waals surface area (Å²) in [6, 6.07) is 2.44. The van der Waals surface area contributed by atoms with E-state index in [1.165, 1.54) is 11.8 Å². The summed E-state index contributed by atoms with van der Waals surface area (Å²) in [4.78, 5) is 63.5. The quantitative estimate of drug-likeness (QED) is 0.129. The van der Waals surface area contributed by atoms with Crippen LogP contribution in [0, 0.1) is 0 Å². The Balaban J connectivity index is 2.04. The van der Waals surface area contributed by atoms with Gasteiger partial charge in [-0.3, -0.25) is 19.2 Å². The van der Waals surface area contributed by atoms with Gasteiger partial charge in [-0.15, -0.1) is 0 Å². The number of hydrogen-bond acceptors (Lipinski definition) is 8. The number of thioether (sulfide) groups is 1. The number of benzene rings is 1. The standard InChI is InChI=1S/C24H33N5O8S/c1-38-9-8-17(27-21(33)15(25)10-13-11-26-16-5-3-2-4-14(13)16)22(34)29-19(12-30)23(35)28-18(24(36)37)6-7-20(31)32/h2-5,11,15,17-19,26,30H,6-10,12,25H2,1H3,(H,27,33)(H,28,35)(H,29,34)(H,31,32)(H,36,37). The van der Waals surface area contributed by atoms with E-state index >= 15 is 0 Å². The molecule has 0 saturated carbocycles. The van der Waals surface area contributed by atoms with Crippen molar-refractivity contribution in [2.24, 2.45) is 5.73 Å². The third-order valence-corrected chi connectivity index (χ3v) is 6.42. The van der Waals surface area contributed by atoms with E-state index < -0.39 is 66.9 Å². The Labute approximate surface area is 222 Å². The minimum atomic E-state index is -1.53. The van der Waals surface area contributed by atoms with Crippen LogP contribution in [0.2, 0.25) is 0 Å². The van der Waals surface area contributed by atoms with Crippen molar-refractivity contribution in [1.82, 2.24) is 20.9 Å². The lowest BCUT2D eigenvalue weighted by Crippen LogP contribution is -2.58. The molecule has 0 fully saturated rings. The highest BCUT2D eigenvalue weighted by Crippen LogP contribution is 2.18. The van der Waals surface area contributed by atoms with E-state index in [1.54, 1.807) is 6.20 Å². The molecule has 0 aliphatic rings. The number of aliphatic hydroxyl groups is 1. The maximum absolute atomic E-state index is 12.9. The van der Waals surface area contributed by atoms with Gasteiger partial charge in [0, 0.05) is 23.5 Å². The van der Waals surface area contributed by atoms with Crippen LogP contribution in [0.15, 0.2) is 30.5 Å². The van der Waals surface area contributed by atoms with Crippen molar-refractivity contribution >= 4 is 52.3 Å². The topological polar surface area (TPSA) is 224 Å². The highest BCUT2D eigenvalue weighted by atomic mass is 32.2. The number of aliphatic hydroxyl groups excluding tert-OH is 1. The largest absolute Gasteiger partial charge is 0.481 e. The molecule has 9 N–H and O–H groups in total. The molecule has 14 heteroatoms. The van der Waals surface area contributed by atoms with Crippen molar-refractivity contribution in [3.63, 3.8) is 0 Å². The summed E-state index contributed by atoms with van der Waals surface area (Å²) in [5, 5.41) is 35.6. The van der Waals surface area contributed by atoms with Crippen LogP contribution >= 0.6 is 11.8 Å². The first kappa shape index (κ1) is 30.6. The van der Waals surface area contributed by atoms with Gasteiger partial charge in [0.2, 0.25) is 17.7 Å². The number of rotatable bonds is 16. The van der Waals surface area contributed by atoms with Crippen LogP contribution in [-0.2, 0) is 30.4 Å². The van der Waals surface area contributed by atoms with Gasteiger partial charge >= 0.3 is 11.9 Å². The second-order valence-electron chi connectivity index (χ2n) is 8.59. The molecule has 3 amide bonds. The molecule has 2 aromatic rings. The first-order valence-corrected chi connectivity index (χ1v) is 13.2. The minimum absolute atomic E-state index is 0.203. The van der Waals surface area contributed by atoms with Crippen molar-refractivity contribution < 1.29 is 39.3 Å². The summed E-state index contributed by atoms with van der Waals surface area (Å²) in [6.07, 6.45) is 3.10. The molecule has 38 heavy (non-hydrogen) atoms. The SMILES string of the molecule is CSCCC(NC(=O)C(N)Cc1c[nH]c2ccccc12)C(=O)NC(CO)C(=O)NC(CCC(=O)O)C(=O)O. The summed E-state index contributed by atoms with van der Waals surface area (Å²) in [7, 11) is 0. The first-order valence-electron chi connectivity index (χ1n) is 11.8. The lowest BCUT2D eigenvalue weighted by molar-refractivity contribution is -0.143. The average molecular weight is 552 g/mol. The smallest absolute Gasteiger partial charge is 0.326 e. The predicted octanol–water partition coefficient (Wildman–Crippen LogP) is -0.813. The van der Waals surface area contributed by atoms with Crippen molar-refractivity contribution in [3.8, 4) is 0 Å². The van der Waals surface area contributed by atoms with Crippen molar-refractivity contribution in [2.45, 2.75) is 49.9 Å². The average Bonchev–Trinajstić information content (AvgIpc) is 3.29. The molecule has 0 radical (unpaired) electrons. The Morgan fingerprint density at radius 2 is 1.58 bits per heavy atom. The zero-order chi connectivity index (χ0) is 28.2. The Kier molecular flexibility index (Phi) is 12.0. The number of para-hydroxylation sites is 1. The number of nitrogens with one attached hydrogen (secondary N) is 4. The number of fused-ring (bicyclic) bond motifs is 1. The minimum Gasteiger partial charge on any atom is -0.481 e. The van der Waals surface area contributed by atoms with E-state index in [-0.39, 0.29) is 19.3 Å². The van der Waals surface area contributed by atoms with Crippen molar-refractivity contribution in [1.29, 1.82) is 0 Å². The van der Waals surface area contributed by atoms with Gasteiger partial charge in [-0.1, -0.05) is 18.2 Å². The summed E-state index contributed by atoms with van der Waals surface area (Å²) < 4.78 is 0. The maximum Gasteiger partial charge on any atom is 0.326 e. The van der Waals surface area contributed by atoms with E-state index in [2.05, 4.69) is 20.9 Å². The fraction of sp³-hybridized carbons (Fsp3) is 0.458. The monoisotopic (exact) mass is 551 g/mol. The number of aliphatic carboxylic acids is 2. The molecule has 13 nitrogen and oxygen atoms in total. The number of aromatic nitrogens is 1. The Morgan fingerprint density at radius 1 is 0.947 bits per heavy atom. The van der Waals surface area contributed by atoms with E-state index in [4.69, 9.17) is 10.8 Å². The molecule has 2 rings (SSSR count). The molecule has 4 unspecified atom stereocenters. The first-order chi connectivity index (χ1) is 18.1. The molecule has 1 heterocycles. The Bertz CT molecular complexity index is 1140. The van der Waals surface area contributed by atoms with E-state index in [1.807, 2.05) is 30.5 Å². The number of amides is 3. The molecule has 0 aliphatic carbocycles. The number of carboxylic acids is 2. The summed E-state index contributed by atoms with van der Waals surface area (Å²) >= 11 is 1.43. The maximum atomic E-state index is 12.9. The van der Waals surface area contributed by atoms with E-state index in [0.29, 0.717) is 5.75 Å². The molecule has 0 aliphatic heterocycles. The number of hydrogen-bond donors (Lipinski definition) is 8. The van der Waals surface area contributed by atoms with Gasteiger partial charge in [-0.05, 0) is 42.9 Å². The summed E-state index contributed by atoms with van der Waals surface area (Å²) in [6.45, 7) is -0.855. The highest BCUT2D eigenvalue weighted by Gasteiger charge is 2.30. The fourth-order valence-electron chi connectivity index (χ4n) is 3.68. The van der Waals surface area contributed by atoms with Gasteiger partial charge in [0.15, 0.2) is 0 Å². The number of carboxylic acid groups (broad SMARTS) is 2. The zero-order valence-electron chi connectivity index (χ0n) is 20.8. The zero-order valence-corrected chi connectivity index (χ0v) is 21.6. The van der Waals surface area contributed by atoms with Crippen LogP contribution in [0.1, 0.15) is 24.8 Å². The van der Waals surface area contributed by atoms with Crippen molar-refractivity contribution in [3.05, 3.63) is 36.0 Å². The van der Waals surface area contributed by atoms with E-state index in [9.17, 15) is 34.2 Å². The van der Waals surface area contributed by atoms with Crippen LogP contribution in [0.5, 0.6) is 0 Å². The highest BCUT2D eigenvalue weighted by molar-refractivity contribution is 7.98. The molecule has 1 aromatic heterocycles. The molecular formula is C24H33N5O8S. The number of nitrogens with two attached hydrogens (primary N) is 1. The lowest BCUT2D eigenvalue weighted by Gasteiger charge is -2.24. The second-order valence-corrected chi connectivity index (χ2v) is 9.57. The van der Waals surface area contributed by atoms with Crippen LogP contribution in [0.4, 0.5) is 0 Å².